The Balaban J connectivity index is -0.000000108. The minimum atomic E-state index is 0. The largest absolute Gasteiger partial charge is 3.00 e. The van der Waals surface area contributed by atoms with E-state index in [0.717, 1.165) is 0 Å². The quantitative estimate of drug-likeness (QED) is 0.447. The van der Waals surface area contributed by atoms with Crippen LogP contribution in [0.3, 0.4) is 0 Å². The van der Waals surface area contributed by atoms with Gasteiger partial charge in [-0.15, -0.1) is 36.3 Å². The van der Waals surface area contributed by atoms with Crippen LogP contribution in [0, 0.1) is 40.8 Å². The van der Waals surface area contributed by atoms with E-state index >= 15 is 0 Å². The number of rotatable bonds is 6. The maximum Gasteiger partial charge on any atom is 3.00 e. The molecule has 0 aliphatic carbocycles. The zero-order valence-electron chi connectivity index (χ0n) is 17.3. The maximum absolute atomic E-state index is 4.28. The van der Waals surface area contributed by atoms with Gasteiger partial charge in [0.15, 0.2) is 0 Å². The third kappa shape index (κ3) is 49.6. The van der Waals surface area contributed by atoms with Crippen LogP contribution in [-0.4, -0.2) is 36.3 Å². The molecule has 0 spiro atoms. The second-order valence-electron chi connectivity index (χ2n) is 7.01. The van der Waals surface area contributed by atoms with E-state index < -0.39 is 0 Å². The minimum Gasteiger partial charge on any atom is -0.658 e. The van der Waals surface area contributed by atoms with Crippen LogP contribution in [0.5, 0.6) is 0 Å². The fourth-order valence-corrected chi connectivity index (χ4v) is 1.79. The Morgan fingerprint density at radius 1 is 0.318 bits per heavy atom. The maximum atomic E-state index is 4.28. The second kappa shape index (κ2) is 20.3. The monoisotopic (exact) mass is 442 g/mol. The summed E-state index contributed by atoms with van der Waals surface area (Å²) in [6, 6.07) is 3.00. The number of nitrogens with zero attached hydrogens (tertiary/aromatic N) is 3. The van der Waals surface area contributed by atoms with Crippen molar-refractivity contribution in [2.75, 3.05) is 0 Å². The Hall–Kier alpha value is 1.23. The van der Waals surface area contributed by atoms with Crippen molar-refractivity contribution in [2.24, 2.45) is 0 Å². The summed E-state index contributed by atoms with van der Waals surface area (Å²) < 4.78 is 0. The van der Waals surface area contributed by atoms with E-state index in [9.17, 15) is 0 Å². The summed E-state index contributed by atoms with van der Waals surface area (Å²) in [5.74, 6) is 0. The molecule has 3 nitrogen and oxygen atoms in total. The normalized spacial score (nSPS) is 10.6. The van der Waals surface area contributed by atoms with Gasteiger partial charge in [0.25, 0.3) is 0 Å². The van der Waals surface area contributed by atoms with Gasteiger partial charge in [-0.2, -0.15) is 0 Å². The predicted octanol–water partition coefficient (Wildman–Crippen LogP) is 6.53. The van der Waals surface area contributed by atoms with Crippen LogP contribution in [0.15, 0.2) is 0 Å². The Bertz CT molecular complexity index is 139. The molecule has 0 fully saturated rings. The Labute approximate surface area is 175 Å². The molecule has 0 rings (SSSR count). The van der Waals surface area contributed by atoms with Crippen LogP contribution in [0.1, 0.15) is 83.1 Å². The summed E-state index contributed by atoms with van der Waals surface area (Å²) in [6.07, 6.45) is 0. The molecule has 0 unspecified atom stereocenters. The fraction of sp³-hybridized carbons (Fsp3) is 1.00. The summed E-state index contributed by atoms with van der Waals surface area (Å²) >= 11 is 0. The van der Waals surface area contributed by atoms with Crippen LogP contribution >= 0.6 is 0 Å². The molecule has 4 heteroatoms. The van der Waals surface area contributed by atoms with Crippen molar-refractivity contribution >= 4 is 0 Å². The minimum absolute atomic E-state index is 0. The van der Waals surface area contributed by atoms with Crippen LogP contribution < -0.4 is 0 Å². The molecule has 0 atom stereocenters. The average Bonchev–Trinajstić information content (AvgIpc) is 2.10. The molecule has 0 heterocycles. The molecular weight excluding hydrogens is 402 g/mol. The molecule has 22 heavy (non-hydrogen) atoms. The first-order chi connectivity index (χ1) is 9.38. The molecule has 0 amide bonds. The van der Waals surface area contributed by atoms with E-state index in [1.165, 1.54) is 0 Å². The summed E-state index contributed by atoms with van der Waals surface area (Å²) in [7, 11) is 0. The Morgan fingerprint density at radius 3 is 0.409 bits per heavy atom. The molecular formula is C18H42N3Nd. The molecule has 0 aromatic heterocycles. The van der Waals surface area contributed by atoms with Crippen molar-refractivity contribution in [3.05, 3.63) is 16.0 Å². The molecule has 0 aliphatic rings. The van der Waals surface area contributed by atoms with Crippen molar-refractivity contribution in [3.63, 3.8) is 0 Å². The van der Waals surface area contributed by atoms with E-state index in [-0.39, 0.29) is 40.8 Å². The molecule has 133 valence electrons. The van der Waals surface area contributed by atoms with Crippen LogP contribution in [0.4, 0.5) is 0 Å². The molecule has 0 aromatic rings. The van der Waals surface area contributed by atoms with Gasteiger partial charge in [-0.25, -0.2) is 0 Å². The fourth-order valence-electron chi connectivity index (χ4n) is 1.79. The molecule has 1 radical (unpaired) electrons. The Kier molecular flexibility index (Phi) is 28.6. The second-order valence-corrected chi connectivity index (χ2v) is 7.01. The van der Waals surface area contributed by atoms with Crippen LogP contribution in [0.25, 0.3) is 16.0 Å². The van der Waals surface area contributed by atoms with Gasteiger partial charge in [-0.1, -0.05) is 83.1 Å². The number of hydrogen-bond donors (Lipinski definition) is 0. The van der Waals surface area contributed by atoms with Gasteiger partial charge in [0.1, 0.15) is 0 Å². The smallest absolute Gasteiger partial charge is 0.658 e. The molecule has 0 saturated heterocycles. The molecule has 0 aliphatic heterocycles. The van der Waals surface area contributed by atoms with E-state index in [1.807, 2.05) is 0 Å². The standard InChI is InChI=1S/3C6H14N.Nd/c3*1-5(2)7-6(3)4;/h3*5-6H,1-4H3;/q3*-1;+3. The van der Waals surface area contributed by atoms with Crippen molar-refractivity contribution in [1.29, 1.82) is 0 Å². The summed E-state index contributed by atoms with van der Waals surface area (Å²) in [4.78, 5) is 0. The van der Waals surface area contributed by atoms with Crippen molar-refractivity contribution in [3.8, 4) is 0 Å². The molecule has 0 saturated carbocycles. The molecule has 0 bridgehead atoms. The predicted molar refractivity (Wildman–Crippen MR) is 101 cm³/mol. The van der Waals surface area contributed by atoms with Crippen LogP contribution in [-0.2, 0) is 0 Å². The molecule has 0 N–H and O–H groups in total. The van der Waals surface area contributed by atoms with E-state index in [1.54, 1.807) is 0 Å². The summed E-state index contributed by atoms with van der Waals surface area (Å²) in [5, 5.41) is 12.8. The zero-order valence-corrected chi connectivity index (χ0v) is 20.5. The van der Waals surface area contributed by atoms with Gasteiger partial charge >= 0.3 is 40.8 Å². The van der Waals surface area contributed by atoms with Gasteiger partial charge in [0.05, 0.1) is 0 Å². The van der Waals surface area contributed by atoms with Gasteiger partial charge < -0.3 is 16.0 Å². The topological polar surface area (TPSA) is 42.3 Å². The van der Waals surface area contributed by atoms with Crippen LogP contribution in [0.2, 0.25) is 0 Å². The first kappa shape index (κ1) is 31.0. The van der Waals surface area contributed by atoms with Gasteiger partial charge in [0, 0.05) is 0 Å². The van der Waals surface area contributed by atoms with Gasteiger partial charge in [0.2, 0.25) is 0 Å². The van der Waals surface area contributed by atoms with E-state index in [2.05, 4.69) is 99.0 Å². The third-order valence-electron chi connectivity index (χ3n) is 1.79. The van der Waals surface area contributed by atoms with Crippen molar-refractivity contribution in [2.45, 2.75) is 119 Å². The summed E-state index contributed by atoms with van der Waals surface area (Å²) in [6.45, 7) is 25.2. The first-order valence-electron chi connectivity index (χ1n) is 8.48. The SMILES string of the molecule is CC(C)[N-]C(C)C.CC(C)[N-]C(C)C.CC(C)[N-]C(C)C.[Nd+3]. The Morgan fingerprint density at radius 2 is 0.409 bits per heavy atom. The van der Waals surface area contributed by atoms with Crippen molar-refractivity contribution in [1.82, 2.24) is 0 Å². The van der Waals surface area contributed by atoms with Gasteiger partial charge in [-0.05, 0) is 0 Å². The third-order valence-corrected chi connectivity index (χ3v) is 1.79. The molecule has 0 aromatic carbocycles. The first-order valence-corrected chi connectivity index (χ1v) is 8.48. The average molecular weight is 445 g/mol. The summed E-state index contributed by atoms with van der Waals surface area (Å²) in [5.41, 5.74) is 0. The van der Waals surface area contributed by atoms with E-state index in [0.29, 0.717) is 36.3 Å². The zero-order chi connectivity index (χ0) is 17.6. The van der Waals surface area contributed by atoms with Crippen molar-refractivity contribution < 1.29 is 40.8 Å². The van der Waals surface area contributed by atoms with Gasteiger partial charge in [-0.3, -0.25) is 0 Å². The number of hydrogen-bond acceptors (Lipinski definition) is 0. The van der Waals surface area contributed by atoms with E-state index in [4.69, 9.17) is 0 Å².